The van der Waals surface area contributed by atoms with Crippen LogP contribution in [0.4, 0.5) is 0 Å². The Hall–Kier alpha value is -3.37. The second-order valence-corrected chi connectivity index (χ2v) is 12.3. The molecule has 0 amide bonds. The van der Waals surface area contributed by atoms with Crippen molar-refractivity contribution in [2.75, 3.05) is 26.4 Å². The molecule has 0 saturated carbocycles. The zero-order valence-corrected chi connectivity index (χ0v) is 23.4. The van der Waals surface area contributed by atoms with Crippen molar-refractivity contribution in [3.8, 4) is 17.2 Å². The molecule has 1 saturated heterocycles. The zero-order chi connectivity index (χ0) is 27.7. The number of aliphatic hydroxyl groups is 1. The molecule has 1 unspecified atom stereocenters. The lowest BCUT2D eigenvalue weighted by Gasteiger charge is -2.37. The van der Waals surface area contributed by atoms with E-state index in [9.17, 15) is 13.5 Å². The summed E-state index contributed by atoms with van der Waals surface area (Å²) in [5.41, 5.74) is 5.48. The number of hydrogen-bond donors (Lipinski definition) is 1. The van der Waals surface area contributed by atoms with Crippen LogP contribution in [0.15, 0.2) is 60.7 Å². The summed E-state index contributed by atoms with van der Waals surface area (Å²) >= 11 is 0. The molecule has 3 aliphatic heterocycles. The van der Waals surface area contributed by atoms with E-state index < -0.39 is 16.3 Å². The van der Waals surface area contributed by atoms with Crippen LogP contribution >= 0.6 is 0 Å². The van der Waals surface area contributed by atoms with E-state index in [-0.39, 0.29) is 13.4 Å². The molecule has 9 heteroatoms. The van der Waals surface area contributed by atoms with E-state index in [4.69, 9.17) is 14.2 Å². The minimum absolute atomic E-state index is 0.193. The van der Waals surface area contributed by atoms with Crippen LogP contribution in [0.3, 0.4) is 0 Å². The highest BCUT2D eigenvalue weighted by atomic mass is 32.2. The van der Waals surface area contributed by atoms with Crippen LogP contribution in [0.2, 0.25) is 0 Å². The van der Waals surface area contributed by atoms with Gasteiger partial charge in [0, 0.05) is 25.2 Å². The average Bonchev–Trinajstić information content (AvgIpc) is 3.67. The average molecular weight is 563 g/mol. The fourth-order valence-electron chi connectivity index (χ4n) is 5.66. The minimum Gasteiger partial charge on any atom is -0.489 e. The SMILES string of the molecule is Cc1cc2c(cc1/C=C/C1c3cc(CO)c(OCc4ccccc4)cc3CCN1S(=O)(=O)N1CCCC1)OCO2. The van der Waals surface area contributed by atoms with Crippen molar-refractivity contribution in [2.24, 2.45) is 0 Å². The van der Waals surface area contributed by atoms with Gasteiger partial charge >= 0.3 is 0 Å². The van der Waals surface area contributed by atoms with Crippen LogP contribution in [0, 0.1) is 6.92 Å². The predicted molar refractivity (Wildman–Crippen MR) is 152 cm³/mol. The molecular formula is C31H34N2O6S. The van der Waals surface area contributed by atoms with E-state index in [2.05, 4.69) is 0 Å². The Labute approximate surface area is 235 Å². The maximum Gasteiger partial charge on any atom is 0.282 e. The molecule has 40 heavy (non-hydrogen) atoms. The lowest BCUT2D eigenvalue weighted by molar-refractivity contribution is 0.174. The summed E-state index contributed by atoms with van der Waals surface area (Å²) in [5.74, 6) is 2.01. The fraction of sp³-hybridized carbons (Fsp3) is 0.355. The lowest BCUT2D eigenvalue weighted by atomic mass is 9.91. The number of rotatable bonds is 8. The quantitative estimate of drug-likeness (QED) is 0.427. The summed E-state index contributed by atoms with van der Waals surface area (Å²) in [6, 6.07) is 17.1. The molecule has 3 aliphatic rings. The Kier molecular flexibility index (Phi) is 7.55. The van der Waals surface area contributed by atoms with Crippen molar-refractivity contribution in [1.82, 2.24) is 8.61 Å². The second kappa shape index (κ2) is 11.2. The number of aryl methyl sites for hydroxylation is 1. The van der Waals surface area contributed by atoms with E-state index in [1.807, 2.05) is 73.7 Å². The Morgan fingerprint density at radius 1 is 1.02 bits per heavy atom. The number of benzene rings is 3. The van der Waals surface area contributed by atoms with Gasteiger partial charge in [-0.1, -0.05) is 42.5 Å². The normalized spacial score (nSPS) is 19.3. The van der Waals surface area contributed by atoms with Crippen molar-refractivity contribution >= 4 is 16.3 Å². The number of ether oxygens (including phenoxy) is 3. The smallest absolute Gasteiger partial charge is 0.282 e. The molecule has 8 nitrogen and oxygen atoms in total. The first-order valence-electron chi connectivity index (χ1n) is 13.7. The summed E-state index contributed by atoms with van der Waals surface area (Å²) < 4.78 is 48.1. The maximum atomic E-state index is 13.8. The van der Waals surface area contributed by atoms with Crippen LogP contribution in [0.1, 0.15) is 52.3 Å². The molecule has 210 valence electrons. The van der Waals surface area contributed by atoms with E-state index in [0.717, 1.165) is 40.7 Å². The van der Waals surface area contributed by atoms with Gasteiger partial charge in [-0.05, 0) is 78.3 Å². The van der Waals surface area contributed by atoms with E-state index in [0.29, 0.717) is 55.5 Å². The molecule has 0 bridgehead atoms. The molecule has 1 fully saturated rings. The van der Waals surface area contributed by atoms with Crippen LogP contribution in [0.5, 0.6) is 17.2 Å². The molecule has 0 aromatic heterocycles. The molecule has 3 heterocycles. The van der Waals surface area contributed by atoms with Gasteiger partial charge in [-0.2, -0.15) is 17.0 Å². The summed E-state index contributed by atoms with van der Waals surface area (Å²) in [7, 11) is -3.68. The first-order valence-corrected chi connectivity index (χ1v) is 15.1. The van der Waals surface area contributed by atoms with Crippen molar-refractivity contribution in [2.45, 2.75) is 45.4 Å². The Morgan fingerprint density at radius 3 is 2.52 bits per heavy atom. The third-order valence-corrected chi connectivity index (χ3v) is 9.89. The van der Waals surface area contributed by atoms with Gasteiger partial charge in [0.05, 0.1) is 12.6 Å². The Morgan fingerprint density at radius 2 is 1.77 bits per heavy atom. The number of fused-ring (bicyclic) bond motifs is 2. The van der Waals surface area contributed by atoms with Crippen LogP contribution in [0.25, 0.3) is 6.08 Å². The monoisotopic (exact) mass is 562 g/mol. The Balaban J connectivity index is 1.37. The molecule has 0 spiro atoms. The zero-order valence-electron chi connectivity index (χ0n) is 22.6. The molecular weight excluding hydrogens is 528 g/mol. The first-order chi connectivity index (χ1) is 19.4. The highest BCUT2D eigenvalue weighted by Gasteiger charge is 2.39. The van der Waals surface area contributed by atoms with Gasteiger partial charge in [-0.15, -0.1) is 0 Å². The number of hydrogen-bond acceptors (Lipinski definition) is 6. The molecule has 1 N–H and O–H groups in total. The summed E-state index contributed by atoms with van der Waals surface area (Å²) in [5, 5.41) is 10.3. The standard InChI is InChI=1S/C31H34N2O6S/c1-22-15-30-31(39-21-38-30)17-24(22)9-10-28-27-16-26(19-34)29(37-20-23-7-3-2-4-8-23)18-25(27)11-14-33(28)40(35,36)32-12-5-6-13-32/h2-4,7-10,15-18,28,34H,5-6,11-14,19-21H2,1H3/b10-9+. The van der Waals surface area contributed by atoms with Crippen LogP contribution < -0.4 is 14.2 Å². The van der Waals surface area contributed by atoms with Gasteiger partial charge in [0.1, 0.15) is 12.4 Å². The van der Waals surface area contributed by atoms with E-state index >= 15 is 0 Å². The maximum absolute atomic E-state index is 13.8. The Bertz CT molecular complexity index is 1520. The molecule has 1 atom stereocenters. The van der Waals surface area contributed by atoms with Gasteiger partial charge in [-0.25, -0.2) is 0 Å². The van der Waals surface area contributed by atoms with Crippen molar-refractivity contribution < 1.29 is 27.7 Å². The topological polar surface area (TPSA) is 88.5 Å². The van der Waals surface area contributed by atoms with Crippen LogP contribution in [-0.2, 0) is 29.8 Å². The van der Waals surface area contributed by atoms with Crippen molar-refractivity contribution in [3.63, 3.8) is 0 Å². The molecule has 3 aromatic rings. The number of nitrogens with zero attached hydrogens (tertiary/aromatic N) is 2. The molecule has 6 rings (SSSR count). The third-order valence-electron chi connectivity index (χ3n) is 7.87. The summed E-state index contributed by atoms with van der Waals surface area (Å²) in [6.07, 6.45) is 6.21. The predicted octanol–water partition coefficient (Wildman–Crippen LogP) is 4.75. The van der Waals surface area contributed by atoms with Gasteiger partial charge < -0.3 is 19.3 Å². The highest BCUT2D eigenvalue weighted by molar-refractivity contribution is 7.86. The minimum atomic E-state index is -3.68. The van der Waals surface area contributed by atoms with Crippen LogP contribution in [-0.4, -0.2) is 48.6 Å². The van der Waals surface area contributed by atoms with Gasteiger partial charge in [0.25, 0.3) is 10.2 Å². The van der Waals surface area contributed by atoms with Gasteiger partial charge in [-0.3, -0.25) is 0 Å². The molecule has 3 aromatic carbocycles. The van der Waals surface area contributed by atoms with Crippen molar-refractivity contribution in [1.29, 1.82) is 0 Å². The number of aliphatic hydroxyl groups excluding tert-OH is 1. The first kappa shape index (κ1) is 26.8. The van der Waals surface area contributed by atoms with Gasteiger partial charge in [0.15, 0.2) is 11.5 Å². The summed E-state index contributed by atoms with van der Waals surface area (Å²) in [6.45, 7) is 3.79. The largest absolute Gasteiger partial charge is 0.489 e. The third kappa shape index (κ3) is 5.22. The summed E-state index contributed by atoms with van der Waals surface area (Å²) in [4.78, 5) is 0. The molecule has 0 radical (unpaired) electrons. The second-order valence-electron chi connectivity index (χ2n) is 10.4. The lowest BCUT2D eigenvalue weighted by Crippen LogP contribution is -2.46. The van der Waals surface area contributed by atoms with Gasteiger partial charge in [0.2, 0.25) is 6.79 Å². The van der Waals surface area contributed by atoms with Crippen molar-refractivity contribution in [3.05, 3.63) is 94.1 Å². The molecule has 0 aliphatic carbocycles. The van der Waals surface area contributed by atoms with E-state index in [1.165, 1.54) is 0 Å². The highest BCUT2D eigenvalue weighted by Crippen LogP contribution is 2.40. The fourth-order valence-corrected chi connectivity index (χ4v) is 7.46. The van der Waals surface area contributed by atoms with E-state index in [1.54, 1.807) is 8.61 Å².